The van der Waals surface area contributed by atoms with E-state index in [0.717, 1.165) is 0 Å². The van der Waals surface area contributed by atoms with Gasteiger partial charge in [0.25, 0.3) is 0 Å². The van der Waals surface area contributed by atoms with Crippen LogP contribution in [-0.2, 0) is 9.59 Å². The van der Waals surface area contributed by atoms with E-state index in [2.05, 4.69) is 0 Å². The molecule has 1 heterocycles. The molecule has 3 rings (SSSR count). The van der Waals surface area contributed by atoms with Crippen molar-refractivity contribution in [2.24, 2.45) is 10.8 Å². The van der Waals surface area contributed by atoms with Gasteiger partial charge in [0, 0.05) is 5.02 Å². The maximum absolute atomic E-state index is 12.3. The lowest BCUT2D eigenvalue weighted by atomic mass is 10.00. The number of fused-ring (bicyclic) bond motifs is 1. The molecule has 1 aromatic rings. The predicted molar refractivity (Wildman–Crippen MR) is 69.8 cm³/mol. The molecule has 2 aliphatic rings. The van der Waals surface area contributed by atoms with Crippen LogP contribution in [0, 0.1) is 10.8 Å². The summed E-state index contributed by atoms with van der Waals surface area (Å²) in [7, 11) is 0. The normalized spacial score (nSPS) is 33.9. The van der Waals surface area contributed by atoms with E-state index in [9.17, 15) is 9.59 Å². The van der Waals surface area contributed by atoms with Crippen LogP contribution >= 0.6 is 23.2 Å². The van der Waals surface area contributed by atoms with Crippen molar-refractivity contribution in [1.82, 2.24) is 0 Å². The van der Waals surface area contributed by atoms with Gasteiger partial charge in [0.2, 0.25) is 11.8 Å². The van der Waals surface area contributed by atoms with Crippen molar-refractivity contribution in [2.75, 3.05) is 4.90 Å². The second kappa shape index (κ2) is 3.28. The van der Waals surface area contributed by atoms with E-state index in [0.29, 0.717) is 22.2 Å². The Morgan fingerprint density at radius 2 is 1.67 bits per heavy atom. The van der Waals surface area contributed by atoms with Gasteiger partial charge in [-0.25, -0.2) is 4.90 Å². The summed E-state index contributed by atoms with van der Waals surface area (Å²) in [6.45, 7) is 3.66. The third-order valence-electron chi connectivity index (χ3n) is 4.30. The zero-order chi connectivity index (χ0) is 13.3. The van der Waals surface area contributed by atoms with Crippen molar-refractivity contribution in [3.63, 3.8) is 0 Å². The molecule has 1 aromatic carbocycles. The molecule has 0 N–H and O–H groups in total. The molecule has 2 amide bonds. The van der Waals surface area contributed by atoms with Gasteiger partial charge in [0.1, 0.15) is 0 Å². The standard InChI is InChI=1S/C13H11Cl2NO2/c1-12-6-13(12,2)11(18)16(10(12)17)9-4-3-7(14)5-8(9)15/h3-5H,6H2,1-2H3. The molecule has 18 heavy (non-hydrogen) atoms. The van der Waals surface area contributed by atoms with Crippen LogP contribution in [0.1, 0.15) is 20.3 Å². The smallest absolute Gasteiger partial charge is 0.240 e. The van der Waals surface area contributed by atoms with Crippen molar-refractivity contribution in [3.8, 4) is 0 Å². The highest BCUT2D eigenvalue weighted by atomic mass is 35.5. The van der Waals surface area contributed by atoms with Crippen LogP contribution in [0.4, 0.5) is 5.69 Å². The first-order valence-electron chi connectivity index (χ1n) is 5.65. The van der Waals surface area contributed by atoms with E-state index in [-0.39, 0.29) is 11.8 Å². The lowest BCUT2D eigenvalue weighted by Crippen LogP contribution is -2.35. The Balaban J connectivity index is 2.09. The summed E-state index contributed by atoms with van der Waals surface area (Å²) in [4.78, 5) is 25.9. The molecule has 1 aliphatic heterocycles. The van der Waals surface area contributed by atoms with Crippen LogP contribution in [-0.4, -0.2) is 11.8 Å². The first-order chi connectivity index (χ1) is 8.31. The number of anilines is 1. The number of imide groups is 1. The van der Waals surface area contributed by atoms with Crippen LogP contribution < -0.4 is 4.90 Å². The SMILES string of the molecule is CC12CC1(C)C(=O)N(c1ccc(Cl)cc1Cl)C2=O. The number of piperidine rings is 1. The Kier molecular flexibility index (Phi) is 2.19. The molecule has 3 nitrogen and oxygen atoms in total. The molecule has 0 radical (unpaired) electrons. The average Bonchev–Trinajstić information content (AvgIpc) is 2.83. The van der Waals surface area contributed by atoms with Gasteiger partial charge in [-0.1, -0.05) is 23.2 Å². The fraction of sp³-hybridized carbons (Fsp3) is 0.385. The first kappa shape index (κ1) is 12.0. The van der Waals surface area contributed by atoms with Crippen LogP contribution in [0.3, 0.4) is 0 Å². The maximum Gasteiger partial charge on any atom is 0.240 e. The number of hydrogen-bond donors (Lipinski definition) is 0. The number of benzene rings is 1. The summed E-state index contributed by atoms with van der Waals surface area (Å²) >= 11 is 11.9. The van der Waals surface area contributed by atoms with Gasteiger partial charge >= 0.3 is 0 Å². The highest BCUT2D eigenvalue weighted by Crippen LogP contribution is 2.69. The molecule has 2 atom stereocenters. The Morgan fingerprint density at radius 3 is 2.17 bits per heavy atom. The van der Waals surface area contributed by atoms with Gasteiger partial charge in [-0.3, -0.25) is 9.59 Å². The highest BCUT2D eigenvalue weighted by Gasteiger charge is 2.77. The van der Waals surface area contributed by atoms with E-state index in [1.807, 2.05) is 13.8 Å². The minimum Gasteiger partial charge on any atom is -0.273 e. The van der Waals surface area contributed by atoms with Crippen LogP contribution in [0.2, 0.25) is 10.0 Å². The second-order valence-electron chi connectivity index (χ2n) is 5.38. The van der Waals surface area contributed by atoms with E-state index in [1.165, 1.54) is 11.0 Å². The lowest BCUT2D eigenvalue weighted by Gasteiger charge is -2.20. The largest absolute Gasteiger partial charge is 0.273 e. The summed E-state index contributed by atoms with van der Waals surface area (Å²) in [6, 6.07) is 4.77. The quantitative estimate of drug-likeness (QED) is 0.742. The van der Waals surface area contributed by atoms with Gasteiger partial charge < -0.3 is 0 Å². The molecule has 0 spiro atoms. The highest BCUT2D eigenvalue weighted by molar-refractivity contribution is 6.39. The summed E-state index contributed by atoms with van der Waals surface area (Å²) in [5.41, 5.74) is -0.703. The topological polar surface area (TPSA) is 37.4 Å². The first-order valence-corrected chi connectivity index (χ1v) is 6.41. The fourth-order valence-corrected chi connectivity index (χ4v) is 3.25. The predicted octanol–water partition coefficient (Wildman–Crippen LogP) is 3.28. The molecule has 5 heteroatoms. The van der Waals surface area contributed by atoms with Gasteiger partial charge in [0.05, 0.1) is 21.5 Å². The van der Waals surface area contributed by atoms with Gasteiger partial charge in [-0.05, 0) is 38.5 Å². The second-order valence-corrected chi connectivity index (χ2v) is 6.23. The van der Waals surface area contributed by atoms with E-state index >= 15 is 0 Å². The van der Waals surface area contributed by atoms with Crippen LogP contribution in [0.25, 0.3) is 0 Å². The number of carbonyl (C=O) groups excluding carboxylic acids is 2. The third-order valence-corrected chi connectivity index (χ3v) is 4.84. The number of hydrogen-bond acceptors (Lipinski definition) is 2. The molecule has 94 valence electrons. The number of rotatable bonds is 1. The van der Waals surface area contributed by atoms with Crippen molar-refractivity contribution in [1.29, 1.82) is 0 Å². The van der Waals surface area contributed by atoms with E-state index < -0.39 is 10.8 Å². The number of nitrogens with zero attached hydrogens (tertiary/aromatic N) is 1. The summed E-state index contributed by atoms with van der Waals surface area (Å²) in [6.07, 6.45) is 0.624. The summed E-state index contributed by atoms with van der Waals surface area (Å²) in [5.74, 6) is -0.335. The zero-order valence-electron chi connectivity index (χ0n) is 9.96. The lowest BCUT2D eigenvalue weighted by molar-refractivity contribution is -0.125. The Bertz CT molecular complexity index is 575. The van der Waals surface area contributed by atoms with Crippen molar-refractivity contribution in [3.05, 3.63) is 28.2 Å². The molecule has 2 fully saturated rings. The molecule has 2 unspecified atom stereocenters. The van der Waals surface area contributed by atoms with Gasteiger partial charge in [-0.2, -0.15) is 0 Å². The average molecular weight is 284 g/mol. The van der Waals surface area contributed by atoms with Crippen molar-refractivity contribution >= 4 is 40.7 Å². The van der Waals surface area contributed by atoms with E-state index in [4.69, 9.17) is 23.2 Å². The Hall–Kier alpha value is -1.06. The summed E-state index contributed by atoms with van der Waals surface area (Å²) in [5, 5.41) is 0.795. The molecule has 1 aliphatic carbocycles. The Labute approximate surface area is 115 Å². The molecular weight excluding hydrogens is 273 g/mol. The molecule has 0 aromatic heterocycles. The third kappa shape index (κ3) is 1.21. The molecule has 1 saturated carbocycles. The molecule has 1 saturated heterocycles. The Morgan fingerprint density at radius 1 is 1.11 bits per heavy atom. The minimum absolute atomic E-state index is 0.167. The molecular formula is C13H11Cl2NO2. The van der Waals surface area contributed by atoms with Crippen molar-refractivity contribution in [2.45, 2.75) is 20.3 Å². The zero-order valence-corrected chi connectivity index (χ0v) is 11.5. The fourth-order valence-electron chi connectivity index (χ4n) is 2.75. The van der Waals surface area contributed by atoms with Gasteiger partial charge in [0.15, 0.2) is 0 Å². The summed E-state index contributed by atoms with van der Waals surface area (Å²) < 4.78 is 0. The minimum atomic E-state index is -0.562. The van der Waals surface area contributed by atoms with E-state index in [1.54, 1.807) is 12.1 Å². The van der Waals surface area contributed by atoms with Crippen molar-refractivity contribution < 1.29 is 9.59 Å². The molecule has 0 bridgehead atoms. The number of halogens is 2. The number of amides is 2. The van der Waals surface area contributed by atoms with Crippen LogP contribution in [0.5, 0.6) is 0 Å². The van der Waals surface area contributed by atoms with Gasteiger partial charge in [-0.15, -0.1) is 0 Å². The number of carbonyl (C=O) groups is 2. The van der Waals surface area contributed by atoms with Crippen LogP contribution in [0.15, 0.2) is 18.2 Å². The monoisotopic (exact) mass is 283 g/mol. The maximum atomic E-state index is 12.3.